The minimum Gasteiger partial charge on any atom is -0.361 e. The average molecular weight is 179 g/mol. The summed E-state index contributed by atoms with van der Waals surface area (Å²) in [7, 11) is 6.19. The minimum absolute atomic E-state index is 0.0741. The van der Waals surface area contributed by atoms with Crippen LogP contribution in [0.25, 0.3) is 0 Å². The summed E-state index contributed by atoms with van der Waals surface area (Å²) in [5.74, 6) is 0.0741. The molecule has 4 heteroatoms. The van der Waals surface area contributed by atoms with E-state index in [0.29, 0.717) is 0 Å². The normalized spacial score (nSPS) is 9.55. The molecule has 0 rings (SSSR count). The second-order valence-corrected chi connectivity index (χ2v) is 3.09. The SMILES string of the molecule is CCCNC.COC([SiH3])OC. The van der Waals surface area contributed by atoms with Crippen molar-refractivity contribution in [1.29, 1.82) is 0 Å². The zero-order valence-electron chi connectivity index (χ0n) is 8.31. The van der Waals surface area contributed by atoms with Crippen molar-refractivity contribution >= 4 is 10.2 Å². The lowest BCUT2D eigenvalue weighted by Gasteiger charge is -2.03. The molecule has 0 saturated carbocycles. The van der Waals surface area contributed by atoms with E-state index in [0.717, 1.165) is 16.8 Å². The number of rotatable bonds is 4. The second kappa shape index (κ2) is 12.7. The van der Waals surface area contributed by atoms with Crippen LogP contribution in [0.3, 0.4) is 0 Å². The lowest BCUT2D eigenvalue weighted by molar-refractivity contribution is -0.0411. The van der Waals surface area contributed by atoms with Gasteiger partial charge < -0.3 is 14.8 Å². The summed E-state index contributed by atoms with van der Waals surface area (Å²) >= 11 is 0. The van der Waals surface area contributed by atoms with Gasteiger partial charge in [0.15, 0.2) is 0 Å². The van der Waals surface area contributed by atoms with Crippen LogP contribution in [0.15, 0.2) is 0 Å². The van der Waals surface area contributed by atoms with Gasteiger partial charge in [0, 0.05) is 14.2 Å². The second-order valence-electron chi connectivity index (χ2n) is 2.14. The van der Waals surface area contributed by atoms with Gasteiger partial charge in [-0.1, -0.05) is 6.92 Å². The van der Waals surface area contributed by atoms with Crippen molar-refractivity contribution < 1.29 is 9.47 Å². The Labute approximate surface area is 72.9 Å². The summed E-state index contributed by atoms with van der Waals surface area (Å²) in [6, 6.07) is 0. The first kappa shape index (κ1) is 13.7. The van der Waals surface area contributed by atoms with E-state index < -0.39 is 0 Å². The Hall–Kier alpha value is 0.0969. The zero-order valence-corrected chi connectivity index (χ0v) is 10.3. The van der Waals surface area contributed by atoms with Crippen LogP contribution in [-0.2, 0) is 9.47 Å². The van der Waals surface area contributed by atoms with Crippen LogP contribution < -0.4 is 5.32 Å². The van der Waals surface area contributed by atoms with E-state index in [1.165, 1.54) is 6.42 Å². The fourth-order valence-corrected chi connectivity index (χ4v) is 0.346. The van der Waals surface area contributed by atoms with Gasteiger partial charge in [-0.3, -0.25) is 0 Å². The van der Waals surface area contributed by atoms with Crippen molar-refractivity contribution in [1.82, 2.24) is 5.32 Å². The highest BCUT2D eigenvalue weighted by atomic mass is 28.1. The topological polar surface area (TPSA) is 30.5 Å². The van der Waals surface area contributed by atoms with Gasteiger partial charge in [0.05, 0.1) is 10.2 Å². The molecular weight excluding hydrogens is 158 g/mol. The van der Waals surface area contributed by atoms with Gasteiger partial charge in [-0.15, -0.1) is 0 Å². The third-order valence-corrected chi connectivity index (χ3v) is 2.11. The fraction of sp³-hybridized carbons (Fsp3) is 1.00. The van der Waals surface area contributed by atoms with Crippen molar-refractivity contribution in [3.63, 3.8) is 0 Å². The highest BCUT2D eigenvalue weighted by Gasteiger charge is 1.87. The summed E-state index contributed by atoms with van der Waals surface area (Å²) in [6.07, 6.45) is 1.23. The number of hydrogen-bond donors (Lipinski definition) is 1. The molecule has 0 heterocycles. The monoisotopic (exact) mass is 179 g/mol. The Morgan fingerprint density at radius 1 is 1.36 bits per heavy atom. The summed E-state index contributed by atoms with van der Waals surface area (Å²) in [4.78, 5) is 0. The Kier molecular flexibility index (Phi) is 15.8. The molecule has 1 N–H and O–H groups in total. The quantitative estimate of drug-likeness (QED) is 0.468. The van der Waals surface area contributed by atoms with E-state index in [2.05, 4.69) is 12.2 Å². The van der Waals surface area contributed by atoms with Crippen LogP contribution in [0.1, 0.15) is 13.3 Å². The summed E-state index contributed by atoms with van der Waals surface area (Å²) in [5, 5.41) is 3.02. The lowest BCUT2D eigenvalue weighted by atomic mass is 10.5. The third kappa shape index (κ3) is 17.8. The van der Waals surface area contributed by atoms with Crippen molar-refractivity contribution in [2.45, 2.75) is 19.3 Å². The highest BCUT2D eigenvalue weighted by Crippen LogP contribution is 1.77. The number of ether oxygens (including phenoxy) is 2. The van der Waals surface area contributed by atoms with Crippen molar-refractivity contribution in [3.05, 3.63) is 0 Å². The fourth-order valence-electron chi connectivity index (χ4n) is 0.346. The van der Waals surface area contributed by atoms with E-state index in [1.807, 2.05) is 7.05 Å². The van der Waals surface area contributed by atoms with E-state index >= 15 is 0 Å². The first-order valence-electron chi connectivity index (χ1n) is 3.93. The maximum Gasteiger partial charge on any atom is 0.130 e. The molecular formula is C7H21NO2Si. The van der Waals surface area contributed by atoms with Crippen LogP contribution in [0.5, 0.6) is 0 Å². The molecule has 0 spiro atoms. The first-order valence-corrected chi connectivity index (χ1v) is 5.08. The maximum absolute atomic E-state index is 4.74. The molecule has 0 aromatic carbocycles. The van der Waals surface area contributed by atoms with Crippen molar-refractivity contribution in [2.24, 2.45) is 0 Å². The molecule has 0 unspecified atom stereocenters. The molecule has 11 heavy (non-hydrogen) atoms. The van der Waals surface area contributed by atoms with Crippen LogP contribution in [0.2, 0.25) is 0 Å². The molecule has 0 aliphatic carbocycles. The van der Waals surface area contributed by atoms with Crippen LogP contribution >= 0.6 is 0 Å². The molecule has 70 valence electrons. The predicted octanol–water partition coefficient (Wildman–Crippen LogP) is -0.456. The smallest absolute Gasteiger partial charge is 0.130 e. The molecule has 0 aromatic rings. The summed E-state index contributed by atoms with van der Waals surface area (Å²) in [5.41, 5.74) is 0. The highest BCUT2D eigenvalue weighted by molar-refractivity contribution is 6.09. The van der Waals surface area contributed by atoms with Crippen LogP contribution in [-0.4, -0.2) is 44.0 Å². The standard InChI is InChI=1S/C4H11N.C3H10O2Si/c1-3-4-5-2;1-4-3(6)5-2/h5H,3-4H2,1-2H3;3H,1-2,6H3. The molecule has 0 atom stereocenters. The van der Waals surface area contributed by atoms with Gasteiger partial charge in [0.1, 0.15) is 5.91 Å². The van der Waals surface area contributed by atoms with E-state index in [9.17, 15) is 0 Å². The molecule has 0 amide bonds. The Bertz CT molecular complexity index is 58.4. The van der Waals surface area contributed by atoms with E-state index in [1.54, 1.807) is 14.2 Å². The average Bonchev–Trinajstić information content (AvgIpc) is 2.06. The molecule has 0 aromatic heterocycles. The van der Waals surface area contributed by atoms with Gasteiger partial charge >= 0.3 is 0 Å². The number of nitrogens with one attached hydrogen (secondary N) is 1. The molecule has 0 saturated heterocycles. The summed E-state index contributed by atoms with van der Waals surface area (Å²) < 4.78 is 9.48. The van der Waals surface area contributed by atoms with Crippen LogP contribution in [0, 0.1) is 0 Å². The Morgan fingerprint density at radius 3 is 1.82 bits per heavy atom. The van der Waals surface area contributed by atoms with E-state index in [-0.39, 0.29) is 5.91 Å². The molecule has 0 aliphatic rings. The van der Waals surface area contributed by atoms with Gasteiger partial charge in [-0.05, 0) is 20.0 Å². The Balaban J connectivity index is 0. The van der Waals surface area contributed by atoms with Crippen molar-refractivity contribution in [3.8, 4) is 0 Å². The number of methoxy groups -OCH3 is 2. The molecule has 0 aliphatic heterocycles. The van der Waals surface area contributed by atoms with Crippen LogP contribution in [0.4, 0.5) is 0 Å². The predicted molar refractivity (Wildman–Crippen MR) is 52.0 cm³/mol. The van der Waals surface area contributed by atoms with Gasteiger partial charge in [-0.2, -0.15) is 0 Å². The maximum atomic E-state index is 4.74. The molecule has 0 bridgehead atoms. The molecule has 3 nitrogen and oxygen atoms in total. The third-order valence-electron chi connectivity index (χ3n) is 1.16. The largest absolute Gasteiger partial charge is 0.361 e. The van der Waals surface area contributed by atoms with E-state index in [4.69, 9.17) is 9.47 Å². The van der Waals surface area contributed by atoms with Gasteiger partial charge in [-0.25, -0.2) is 0 Å². The zero-order chi connectivity index (χ0) is 9.11. The minimum atomic E-state index is 0.0741. The first-order chi connectivity index (χ1) is 5.22. The molecule has 0 fully saturated rings. The molecule has 0 radical (unpaired) electrons. The van der Waals surface area contributed by atoms with Gasteiger partial charge in [0.25, 0.3) is 0 Å². The van der Waals surface area contributed by atoms with Crippen molar-refractivity contribution in [2.75, 3.05) is 27.8 Å². The lowest BCUT2D eigenvalue weighted by Crippen LogP contribution is -2.11. The summed E-state index contributed by atoms with van der Waals surface area (Å²) in [6.45, 7) is 3.29. The van der Waals surface area contributed by atoms with Gasteiger partial charge in [0.2, 0.25) is 0 Å². The number of hydrogen-bond acceptors (Lipinski definition) is 3. The Morgan fingerprint density at radius 2 is 1.82 bits per heavy atom.